The zero-order chi connectivity index (χ0) is 23.0. The second-order valence-corrected chi connectivity index (χ2v) is 8.16. The van der Waals surface area contributed by atoms with Crippen molar-refractivity contribution in [1.29, 1.82) is 0 Å². The van der Waals surface area contributed by atoms with Crippen LogP contribution in [0.1, 0.15) is 31.2 Å². The number of nitrogens with zero attached hydrogens (tertiary/aromatic N) is 1. The summed E-state index contributed by atoms with van der Waals surface area (Å²) in [5.74, 6) is -0.131. The van der Waals surface area contributed by atoms with Gasteiger partial charge in [-0.3, -0.25) is 19.8 Å². The number of carbonyl (C=O) groups is 3. The summed E-state index contributed by atoms with van der Waals surface area (Å²) < 4.78 is 5.88. The van der Waals surface area contributed by atoms with Gasteiger partial charge in [-0.15, -0.1) is 0 Å². The van der Waals surface area contributed by atoms with Crippen LogP contribution in [-0.2, 0) is 9.59 Å². The van der Waals surface area contributed by atoms with Gasteiger partial charge in [-0.2, -0.15) is 0 Å². The normalized spacial score (nSPS) is 16.5. The maximum absolute atomic E-state index is 12.6. The Balaban J connectivity index is 1.35. The molecule has 2 aromatic rings. The predicted octanol–water partition coefficient (Wildman–Crippen LogP) is 3.63. The number of hydrogen-bond donors (Lipinski definition) is 3. The summed E-state index contributed by atoms with van der Waals surface area (Å²) in [5.41, 5.74) is 2.30. The van der Waals surface area contributed by atoms with Crippen molar-refractivity contribution >= 4 is 34.8 Å². The first kappa shape index (κ1) is 22.5. The van der Waals surface area contributed by atoms with Gasteiger partial charge in [-0.05, 0) is 49.7 Å². The number of imide groups is 1. The van der Waals surface area contributed by atoms with Gasteiger partial charge in [0.25, 0.3) is 5.91 Å². The van der Waals surface area contributed by atoms with Crippen LogP contribution in [0.15, 0.2) is 54.6 Å². The molecule has 4 amide bonds. The number of para-hydroxylation sites is 1. The highest BCUT2D eigenvalue weighted by Crippen LogP contribution is 2.28. The number of urea groups is 1. The van der Waals surface area contributed by atoms with Crippen LogP contribution in [-0.4, -0.2) is 49.0 Å². The van der Waals surface area contributed by atoms with Crippen molar-refractivity contribution < 1.29 is 19.1 Å². The van der Waals surface area contributed by atoms with Gasteiger partial charge >= 0.3 is 6.03 Å². The van der Waals surface area contributed by atoms with Gasteiger partial charge in [-0.25, -0.2) is 4.79 Å². The van der Waals surface area contributed by atoms with Gasteiger partial charge in [0.1, 0.15) is 12.4 Å². The molecule has 2 heterocycles. The molecule has 172 valence electrons. The van der Waals surface area contributed by atoms with E-state index in [4.69, 9.17) is 4.74 Å². The lowest BCUT2D eigenvalue weighted by molar-refractivity contribution is -0.127. The molecule has 0 atom stereocenters. The summed E-state index contributed by atoms with van der Waals surface area (Å²) in [7, 11) is 0. The molecule has 0 unspecified atom stereocenters. The lowest BCUT2D eigenvalue weighted by Gasteiger charge is -2.26. The van der Waals surface area contributed by atoms with E-state index in [0.717, 1.165) is 19.6 Å². The Bertz CT molecular complexity index is 1060. The summed E-state index contributed by atoms with van der Waals surface area (Å²) in [4.78, 5) is 38.5. The standard InChI is InChI=1S/C25H28N4O4/c30-23-15-18(16-24(31)28-23)21-9-2-3-10-22(21)27-25(32)26-19-7-6-8-20(17-19)33-14-13-29-11-4-1-5-12-29/h2-3,6-10,15,17H,1,4-5,11-14,16H2,(H2,26,27,32)(H,28,30,31). The third-order valence-corrected chi connectivity index (χ3v) is 5.66. The first-order valence-corrected chi connectivity index (χ1v) is 11.2. The zero-order valence-electron chi connectivity index (χ0n) is 18.4. The van der Waals surface area contributed by atoms with E-state index in [1.54, 1.807) is 36.4 Å². The molecule has 0 radical (unpaired) electrons. The van der Waals surface area contributed by atoms with E-state index in [-0.39, 0.29) is 12.3 Å². The molecule has 2 aromatic carbocycles. The molecular formula is C25H28N4O4. The van der Waals surface area contributed by atoms with Crippen LogP contribution in [0.25, 0.3) is 5.57 Å². The van der Waals surface area contributed by atoms with Crippen LogP contribution in [0.5, 0.6) is 5.75 Å². The number of anilines is 2. The predicted molar refractivity (Wildman–Crippen MR) is 127 cm³/mol. The minimum atomic E-state index is -0.461. The van der Waals surface area contributed by atoms with E-state index >= 15 is 0 Å². The fraction of sp³-hybridized carbons (Fsp3) is 0.320. The van der Waals surface area contributed by atoms with Crippen LogP contribution in [0.3, 0.4) is 0 Å². The third kappa shape index (κ3) is 6.43. The number of hydrogen-bond acceptors (Lipinski definition) is 5. The van der Waals surface area contributed by atoms with Crippen molar-refractivity contribution in [3.8, 4) is 5.75 Å². The van der Waals surface area contributed by atoms with Gasteiger partial charge in [0.05, 0.1) is 6.42 Å². The van der Waals surface area contributed by atoms with Gasteiger partial charge in [0, 0.05) is 35.6 Å². The largest absolute Gasteiger partial charge is 0.492 e. The van der Waals surface area contributed by atoms with Crippen molar-refractivity contribution in [2.75, 3.05) is 36.9 Å². The molecule has 0 aromatic heterocycles. The van der Waals surface area contributed by atoms with Gasteiger partial charge in [0.15, 0.2) is 0 Å². The number of likely N-dealkylation sites (tertiary alicyclic amines) is 1. The molecule has 3 N–H and O–H groups in total. The maximum Gasteiger partial charge on any atom is 0.323 e. The fourth-order valence-corrected chi connectivity index (χ4v) is 4.07. The van der Waals surface area contributed by atoms with E-state index < -0.39 is 11.9 Å². The molecule has 2 aliphatic heterocycles. The molecule has 8 heteroatoms. The molecule has 4 rings (SSSR count). The van der Waals surface area contributed by atoms with Gasteiger partial charge < -0.3 is 15.4 Å². The van der Waals surface area contributed by atoms with Crippen LogP contribution >= 0.6 is 0 Å². The lowest BCUT2D eigenvalue weighted by Crippen LogP contribution is -2.33. The highest BCUT2D eigenvalue weighted by molar-refractivity contribution is 6.13. The van der Waals surface area contributed by atoms with E-state index in [1.807, 2.05) is 12.1 Å². The first-order chi connectivity index (χ1) is 16.1. The quantitative estimate of drug-likeness (QED) is 0.562. The zero-order valence-corrected chi connectivity index (χ0v) is 18.4. The van der Waals surface area contributed by atoms with E-state index in [1.165, 1.54) is 25.3 Å². The van der Waals surface area contributed by atoms with E-state index in [9.17, 15) is 14.4 Å². The molecule has 0 spiro atoms. The highest BCUT2D eigenvalue weighted by atomic mass is 16.5. The number of rotatable bonds is 7. The monoisotopic (exact) mass is 448 g/mol. The van der Waals surface area contributed by atoms with Crippen LogP contribution < -0.4 is 20.7 Å². The Morgan fingerprint density at radius 3 is 2.64 bits per heavy atom. The van der Waals surface area contributed by atoms with Crippen molar-refractivity contribution in [2.45, 2.75) is 25.7 Å². The molecule has 2 aliphatic rings. The van der Waals surface area contributed by atoms with E-state index in [0.29, 0.717) is 34.9 Å². The van der Waals surface area contributed by atoms with Crippen molar-refractivity contribution in [3.63, 3.8) is 0 Å². The molecule has 0 saturated carbocycles. The Kier molecular flexibility index (Phi) is 7.36. The summed E-state index contributed by atoms with van der Waals surface area (Å²) in [6, 6.07) is 13.9. The van der Waals surface area contributed by atoms with Crippen molar-refractivity contribution in [1.82, 2.24) is 10.2 Å². The molecule has 8 nitrogen and oxygen atoms in total. The second-order valence-electron chi connectivity index (χ2n) is 8.16. The maximum atomic E-state index is 12.6. The lowest BCUT2D eigenvalue weighted by atomic mass is 9.98. The summed E-state index contributed by atoms with van der Waals surface area (Å²) in [5, 5.41) is 7.86. The molecule has 0 aliphatic carbocycles. The Morgan fingerprint density at radius 1 is 1.00 bits per heavy atom. The fourth-order valence-electron chi connectivity index (χ4n) is 4.07. The van der Waals surface area contributed by atoms with Crippen LogP contribution in [0.4, 0.5) is 16.2 Å². The van der Waals surface area contributed by atoms with Crippen molar-refractivity contribution in [2.24, 2.45) is 0 Å². The molecule has 1 saturated heterocycles. The molecular weight excluding hydrogens is 420 g/mol. The second kappa shape index (κ2) is 10.8. The topological polar surface area (TPSA) is 99.8 Å². The molecule has 1 fully saturated rings. The molecule has 33 heavy (non-hydrogen) atoms. The smallest absolute Gasteiger partial charge is 0.323 e. The summed E-state index contributed by atoms with van der Waals surface area (Å²) in [6.07, 6.45) is 5.26. The Hall–Kier alpha value is -3.65. The van der Waals surface area contributed by atoms with Crippen molar-refractivity contribution in [3.05, 3.63) is 60.2 Å². The molecule has 0 bridgehead atoms. The minimum absolute atomic E-state index is 0.0723. The summed E-state index contributed by atoms with van der Waals surface area (Å²) >= 11 is 0. The first-order valence-electron chi connectivity index (χ1n) is 11.2. The van der Waals surface area contributed by atoms with Crippen LogP contribution in [0.2, 0.25) is 0 Å². The highest BCUT2D eigenvalue weighted by Gasteiger charge is 2.20. The van der Waals surface area contributed by atoms with Gasteiger partial charge in [-0.1, -0.05) is 30.7 Å². The summed E-state index contributed by atoms with van der Waals surface area (Å²) in [6.45, 7) is 3.75. The number of piperidine rings is 1. The van der Waals surface area contributed by atoms with E-state index in [2.05, 4.69) is 20.9 Å². The Labute approximate surface area is 193 Å². The number of ether oxygens (including phenoxy) is 1. The SMILES string of the molecule is O=C1C=C(c2ccccc2NC(=O)Nc2cccc(OCCN3CCCCC3)c2)CC(=O)N1. The van der Waals surface area contributed by atoms with Gasteiger partial charge in [0.2, 0.25) is 5.91 Å². The Morgan fingerprint density at radius 2 is 1.82 bits per heavy atom. The minimum Gasteiger partial charge on any atom is -0.492 e. The number of carbonyl (C=O) groups excluding carboxylic acids is 3. The number of benzene rings is 2. The average Bonchev–Trinajstić information content (AvgIpc) is 2.80. The third-order valence-electron chi connectivity index (χ3n) is 5.66. The number of amides is 4. The number of nitrogens with one attached hydrogen (secondary N) is 3. The van der Waals surface area contributed by atoms with Crippen LogP contribution in [0, 0.1) is 0 Å². The average molecular weight is 449 g/mol.